The molecule has 5 rings (SSSR count). The Morgan fingerprint density at radius 1 is 1.11 bits per heavy atom. The zero-order valence-electron chi connectivity index (χ0n) is 22.3. The lowest BCUT2D eigenvalue weighted by atomic mass is 9.97. The topological polar surface area (TPSA) is 73.7 Å². The highest BCUT2D eigenvalue weighted by molar-refractivity contribution is 6.76. The number of nitrogens with one attached hydrogen (secondary N) is 1. The second kappa shape index (κ2) is 11.8. The normalized spacial score (nSPS) is 18.0. The Labute approximate surface area is 221 Å². The van der Waals surface area contributed by atoms with Crippen molar-refractivity contribution in [2.45, 2.75) is 44.8 Å². The van der Waals surface area contributed by atoms with Crippen molar-refractivity contribution < 1.29 is 14.2 Å². The fourth-order valence-electron chi connectivity index (χ4n) is 4.76. The van der Waals surface area contributed by atoms with Crippen LogP contribution in [-0.2, 0) is 11.5 Å². The van der Waals surface area contributed by atoms with E-state index in [9.17, 15) is 0 Å². The Balaban J connectivity index is 1.16. The van der Waals surface area contributed by atoms with E-state index in [4.69, 9.17) is 14.2 Å². The lowest BCUT2D eigenvalue weighted by Crippen LogP contribution is -2.44. The second-order valence-electron chi connectivity index (χ2n) is 11.1. The summed E-state index contributed by atoms with van der Waals surface area (Å²) in [6.45, 7) is 14.6. The summed E-state index contributed by atoms with van der Waals surface area (Å²) in [5, 5.41) is 7.84. The Bertz CT molecular complexity index is 1160. The Morgan fingerprint density at radius 3 is 2.76 bits per heavy atom. The summed E-state index contributed by atoms with van der Waals surface area (Å²) in [6, 6.07) is 13.2. The Kier molecular flexibility index (Phi) is 8.24. The zero-order valence-corrected chi connectivity index (χ0v) is 23.3. The third-order valence-corrected chi connectivity index (χ3v) is 8.75. The molecular formula is C28H39N5O3Si-. The van der Waals surface area contributed by atoms with Gasteiger partial charge in [0.05, 0.1) is 12.3 Å². The molecule has 2 aromatic heterocycles. The maximum absolute atomic E-state index is 6.06. The van der Waals surface area contributed by atoms with Gasteiger partial charge in [-0.15, -0.1) is 14.1 Å². The van der Waals surface area contributed by atoms with E-state index in [0.29, 0.717) is 18.5 Å². The maximum atomic E-state index is 6.06. The van der Waals surface area contributed by atoms with Gasteiger partial charge in [0.2, 0.25) is 5.88 Å². The molecule has 1 N–H and O–H groups in total. The summed E-state index contributed by atoms with van der Waals surface area (Å²) in [4.78, 5) is 7.08. The van der Waals surface area contributed by atoms with Crippen LogP contribution in [0.5, 0.6) is 17.4 Å². The number of hydrogen-bond acceptors (Lipinski definition) is 7. The van der Waals surface area contributed by atoms with Crippen LogP contribution in [0.1, 0.15) is 17.9 Å². The molecule has 2 aliphatic rings. The van der Waals surface area contributed by atoms with Crippen LogP contribution in [0.15, 0.2) is 48.8 Å². The molecule has 37 heavy (non-hydrogen) atoms. The summed E-state index contributed by atoms with van der Waals surface area (Å²) in [5.74, 6) is 2.66. The van der Waals surface area contributed by atoms with Gasteiger partial charge in [-0.05, 0) is 31.2 Å². The van der Waals surface area contributed by atoms with Gasteiger partial charge in [-0.3, -0.25) is 0 Å². The van der Waals surface area contributed by atoms with E-state index in [1.807, 2.05) is 41.2 Å². The van der Waals surface area contributed by atoms with Crippen LogP contribution < -0.4 is 14.8 Å². The molecule has 4 heterocycles. The number of hydrogen-bond donors (Lipinski definition) is 1. The standard InChI is InChI=1S/C28H39N5O3Si/c1-37(2,3)17-16-34-21-33-26(8-10-31-33)22-4-7-28(30-19-22)36-24-5-6-25-23(20-35-27(25)18-24)9-13-32-14-11-29-12-15-32/h4-8,10,18-19,23,29H,9,11-17,20-21H2,1-3H3/q-1. The number of benzene rings is 1. The molecular weight excluding hydrogens is 482 g/mol. The van der Waals surface area contributed by atoms with Crippen molar-refractivity contribution in [3.8, 4) is 28.6 Å². The van der Waals surface area contributed by atoms with Gasteiger partial charge >= 0.3 is 0 Å². The van der Waals surface area contributed by atoms with Crippen LogP contribution in [0.25, 0.3) is 11.3 Å². The smallest absolute Gasteiger partial charge is 0.219 e. The Hall–Kier alpha value is -2.72. The van der Waals surface area contributed by atoms with E-state index in [2.05, 4.69) is 46.0 Å². The third kappa shape index (κ3) is 6.98. The Morgan fingerprint density at radius 2 is 1.97 bits per heavy atom. The van der Waals surface area contributed by atoms with Gasteiger partial charge in [0.25, 0.3) is 0 Å². The van der Waals surface area contributed by atoms with Gasteiger partial charge in [0.15, 0.2) is 0 Å². The fraction of sp³-hybridized carbons (Fsp3) is 0.500. The second-order valence-corrected chi connectivity index (χ2v) is 16.8. The van der Waals surface area contributed by atoms with Crippen LogP contribution in [-0.4, -0.2) is 73.7 Å². The van der Waals surface area contributed by atoms with Gasteiger partial charge in [-0.25, -0.2) is 9.67 Å². The molecule has 1 saturated heterocycles. The van der Waals surface area contributed by atoms with Gasteiger partial charge in [0, 0.05) is 74.4 Å². The average molecular weight is 522 g/mol. The van der Waals surface area contributed by atoms with Crippen molar-refractivity contribution in [2.24, 2.45) is 0 Å². The lowest BCUT2D eigenvalue weighted by Gasteiger charge is -2.27. The lowest BCUT2D eigenvalue weighted by molar-refractivity contribution is 0.0798. The van der Waals surface area contributed by atoms with Crippen molar-refractivity contribution in [3.05, 3.63) is 54.4 Å². The van der Waals surface area contributed by atoms with Crippen molar-refractivity contribution in [2.75, 3.05) is 45.9 Å². The van der Waals surface area contributed by atoms with E-state index in [1.54, 1.807) is 6.20 Å². The number of pyridine rings is 1. The van der Waals surface area contributed by atoms with Crippen LogP contribution in [0.2, 0.25) is 25.7 Å². The highest BCUT2D eigenvalue weighted by Crippen LogP contribution is 2.39. The first-order valence-electron chi connectivity index (χ1n) is 13.4. The molecule has 2 aliphatic heterocycles. The molecule has 0 amide bonds. The zero-order chi connectivity index (χ0) is 25.7. The van der Waals surface area contributed by atoms with Gasteiger partial charge < -0.3 is 24.4 Å². The predicted molar refractivity (Wildman–Crippen MR) is 148 cm³/mol. The number of aromatic nitrogens is 3. The van der Waals surface area contributed by atoms with Crippen molar-refractivity contribution in [3.63, 3.8) is 0 Å². The molecule has 8 nitrogen and oxygen atoms in total. The van der Waals surface area contributed by atoms with E-state index >= 15 is 0 Å². The molecule has 9 heteroatoms. The van der Waals surface area contributed by atoms with E-state index in [-0.39, 0.29) is 0 Å². The molecule has 0 spiro atoms. The van der Waals surface area contributed by atoms with Crippen molar-refractivity contribution in [1.29, 1.82) is 0 Å². The maximum Gasteiger partial charge on any atom is 0.219 e. The molecule has 0 radical (unpaired) electrons. The molecule has 1 unspecified atom stereocenters. The first-order chi connectivity index (χ1) is 17.9. The van der Waals surface area contributed by atoms with Gasteiger partial charge in [-0.1, -0.05) is 6.07 Å². The van der Waals surface area contributed by atoms with Crippen LogP contribution in [0.4, 0.5) is 0 Å². The highest BCUT2D eigenvalue weighted by atomic mass is 28.3. The minimum absolute atomic E-state index is 0.441. The van der Waals surface area contributed by atoms with E-state index < -0.39 is 8.07 Å². The van der Waals surface area contributed by atoms with Gasteiger partial charge in [0.1, 0.15) is 18.2 Å². The molecule has 0 bridgehead atoms. The summed E-state index contributed by atoms with van der Waals surface area (Å²) >= 11 is 0. The number of ether oxygens (including phenoxy) is 3. The van der Waals surface area contributed by atoms with Gasteiger partial charge in [-0.2, -0.15) is 24.7 Å². The quantitative estimate of drug-likeness (QED) is 0.286. The molecule has 1 fully saturated rings. The van der Waals surface area contributed by atoms with Crippen LogP contribution >= 0.6 is 0 Å². The van der Waals surface area contributed by atoms with Crippen LogP contribution in [0.3, 0.4) is 0 Å². The molecule has 3 aromatic rings. The van der Waals surface area contributed by atoms with Crippen LogP contribution in [0, 0.1) is 0 Å². The minimum Gasteiger partial charge on any atom is -0.493 e. The minimum atomic E-state index is -1.11. The summed E-state index contributed by atoms with van der Waals surface area (Å²) < 4.78 is 19.8. The third-order valence-electron chi connectivity index (χ3n) is 7.05. The summed E-state index contributed by atoms with van der Waals surface area (Å²) in [7, 11) is -1.11. The average Bonchev–Trinajstić information content (AvgIpc) is 3.53. The highest BCUT2D eigenvalue weighted by Gasteiger charge is 2.25. The number of nitrogens with zero attached hydrogens (tertiary/aromatic N) is 4. The monoisotopic (exact) mass is 521 g/mol. The fourth-order valence-corrected chi connectivity index (χ4v) is 5.51. The van der Waals surface area contributed by atoms with E-state index in [0.717, 1.165) is 81.2 Å². The molecule has 1 aromatic carbocycles. The molecule has 1 atom stereocenters. The predicted octanol–water partition coefficient (Wildman–Crippen LogP) is 4.82. The number of fused-ring (bicyclic) bond motifs is 1. The van der Waals surface area contributed by atoms with E-state index in [1.165, 1.54) is 5.56 Å². The first-order valence-corrected chi connectivity index (χ1v) is 17.1. The van der Waals surface area contributed by atoms with Crippen molar-refractivity contribution >= 4 is 8.07 Å². The first kappa shape index (κ1) is 25.9. The molecule has 0 aliphatic carbocycles. The molecule has 199 valence electrons. The number of rotatable bonds is 11. The summed E-state index contributed by atoms with van der Waals surface area (Å²) in [6.07, 6.45) is 4.74. The SMILES string of the molecule is C[Si-](C)(C)CCOCn1nccc1-c1ccc(Oc2ccc3c(c2)OCC3CCN2CCNCC2)nc1. The number of piperazine rings is 1. The largest absolute Gasteiger partial charge is 0.493 e. The molecule has 0 saturated carbocycles. The summed E-state index contributed by atoms with van der Waals surface area (Å²) in [5.41, 5.74) is 3.24. The van der Waals surface area contributed by atoms with Crippen molar-refractivity contribution in [1.82, 2.24) is 25.0 Å².